The molecule has 1 aromatic carbocycles. The van der Waals surface area contributed by atoms with Gasteiger partial charge in [-0.05, 0) is 37.0 Å². The summed E-state index contributed by atoms with van der Waals surface area (Å²) in [6.07, 6.45) is 0.552. The zero-order valence-corrected chi connectivity index (χ0v) is 14.1. The standard InChI is InChI=1S/C16H20ClN3O3/c1-9(2)6-13-15(22)20(16(23)19-13)8-14(21)18-11-5-4-10(3)12(17)7-11/h4-5,7,9,13H,6,8H2,1-3H3,(H,18,21)(H,19,23). The number of benzene rings is 1. The second kappa shape index (κ2) is 7.00. The molecule has 4 amide bonds. The first-order valence-corrected chi connectivity index (χ1v) is 7.83. The molecule has 1 aliphatic rings. The van der Waals surface area contributed by atoms with Gasteiger partial charge in [0.25, 0.3) is 5.91 Å². The number of rotatable bonds is 5. The molecule has 1 atom stereocenters. The highest BCUT2D eigenvalue weighted by atomic mass is 35.5. The van der Waals surface area contributed by atoms with Gasteiger partial charge >= 0.3 is 6.03 Å². The third-order valence-electron chi connectivity index (χ3n) is 3.57. The molecule has 1 aliphatic heterocycles. The summed E-state index contributed by atoms with van der Waals surface area (Å²) in [5, 5.41) is 5.78. The van der Waals surface area contributed by atoms with E-state index in [-0.39, 0.29) is 18.4 Å². The van der Waals surface area contributed by atoms with Crippen LogP contribution < -0.4 is 10.6 Å². The Balaban J connectivity index is 1.98. The minimum absolute atomic E-state index is 0.271. The first kappa shape index (κ1) is 17.3. The van der Waals surface area contributed by atoms with Crippen molar-refractivity contribution in [3.8, 4) is 0 Å². The number of carbonyl (C=O) groups is 3. The number of urea groups is 1. The van der Waals surface area contributed by atoms with Gasteiger partial charge in [0, 0.05) is 10.7 Å². The van der Waals surface area contributed by atoms with Gasteiger partial charge in [0.05, 0.1) is 0 Å². The van der Waals surface area contributed by atoms with E-state index in [9.17, 15) is 14.4 Å². The summed E-state index contributed by atoms with van der Waals surface area (Å²) >= 11 is 6.00. The number of hydrogen-bond donors (Lipinski definition) is 2. The molecule has 124 valence electrons. The third-order valence-corrected chi connectivity index (χ3v) is 3.98. The largest absolute Gasteiger partial charge is 0.326 e. The predicted molar refractivity (Wildman–Crippen MR) is 88.3 cm³/mol. The molecule has 0 aromatic heterocycles. The molecule has 0 spiro atoms. The van der Waals surface area contributed by atoms with Crippen LogP contribution in [-0.4, -0.2) is 35.3 Å². The van der Waals surface area contributed by atoms with E-state index in [1.807, 2.05) is 20.8 Å². The van der Waals surface area contributed by atoms with Crippen molar-refractivity contribution < 1.29 is 14.4 Å². The van der Waals surface area contributed by atoms with Gasteiger partial charge < -0.3 is 10.6 Å². The second-order valence-electron chi connectivity index (χ2n) is 6.07. The number of nitrogens with zero attached hydrogens (tertiary/aromatic N) is 1. The van der Waals surface area contributed by atoms with E-state index in [4.69, 9.17) is 11.6 Å². The van der Waals surface area contributed by atoms with Gasteiger partial charge in [-0.2, -0.15) is 0 Å². The number of imide groups is 1. The van der Waals surface area contributed by atoms with Crippen LogP contribution in [0.3, 0.4) is 0 Å². The lowest BCUT2D eigenvalue weighted by Gasteiger charge is -2.14. The number of nitrogens with one attached hydrogen (secondary N) is 2. The highest BCUT2D eigenvalue weighted by Crippen LogP contribution is 2.20. The first-order valence-electron chi connectivity index (χ1n) is 7.45. The summed E-state index contributed by atoms with van der Waals surface area (Å²) in [4.78, 5) is 37.0. The molecule has 6 nitrogen and oxygen atoms in total. The first-order chi connectivity index (χ1) is 10.8. The fraction of sp³-hybridized carbons (Fsp3) is 0.438. The van der Waals surface area contributed by atoms with Gasteiger partial charge in [-0.3, -0.25) is 14.5 Å². The van der Waals surface area contributed by atoms with Crippen molar-refractivity contribution in [1.82, 2.24) is 10.2 Å². The summed E-state index contributed by atoms with van der Waals surface area (Å²) in [5.41, 5.74) is 1.42. The van der Waals surface area contributed by atoms with Crippen LogP contribution in [0.15, 0.2) is 18.2 Å². The molecule has 1 unspecified atom stereocenters. The number of hydrogen-bond acceptors (Lipinski definition) is 3. The fourth-order valence-electron chi connectivity index (χ4n) is 2.37. The Morgan fingerprint density at radius 2 is 2.09 bits per heavy atom. The monoisotopic (exact) mass is 337 g/mol. The Labute approximate surface area is 140 Å². The summed E-state index contributed by atoms with van der Waals surface area (Å²) < 4.78 is 0. The Morgan fingerprint density at radius 1 is 1.39 bits per heavy atom. The zero-order chi connectivity index (χ0) is 17.1. The van der Waals surface area contributed by atoms with Gasteiger partial charge in [-0.25, -0.2) is 4.79 Å². The molecule has 2 rings (SSSR count). The van der Waals surface area contributed by atoms with Crippen LogP contribution in [0.1, 0.15) is 25.8 Å². The number of halogens is 1. The van der Waals surface area contributed by atoms with Crippen LogP contribution >= 0.6 is 11.6 Å². The average Bonchev–Trinajstić information content (AvgIpc) is 2.70. The molecule has 1 heterocycles. The molecule has 23 heavy (non-hydrogen) atoms. The second-order valence-corrected chi connectivity index (χ2v) is 6.48. The lowest BCUT2D eigenvalue weighted by molar-refractivity contribution is -0.131. The molecule has 0 saturated carbocycles. The highest BCUT2D eigenvalue weighted by Gasteiger charge is 2.38. The summed E-state index contributed by atoms with van der Waals surface area (Å²) in [7, 11) is 0. The van der Waals surface area contributed by atoms with E-state index in [0.717, 1.165) is 10.5 Å². The fourth-order valence-corrected chi connectivity index (χ4v) is 2.55. The maximum atomic E-state index is 12.2. The van der Waals surface area contributed by atoms with E-state index in [2.05, 4.69) is 10.6 Å². The maximum absolute atomic E-state index is 12.2. The summed E-state index contributed by atoms with van der Waals surface area (Å²) in [6, 6.07) is 4.04. The van der Waals surface area contributed by atoms with Gasteiger partial charge in [0.2, 0.25) is 5.91 Å². The molecule has 0 bridgehead atoms. The van der Waals surface area contributed by atoms with Crippen molar-refractivity contribution >= 4 is 35.1 Å². The van der Waals surface area contributed by atoms with Gasteiger partial charge in [0.15, 0.2) is 0 Å². The van der Waals surface area contributed by atoms with Crippen molar-refractivity contribution in [3.05, 3.63) is 28.8 Å². The minimum atomic E-state index is -0.552. The number of amides is 4. The number of carbonyl (C=O) groups excluding carboxylic acids is 3. The topological polar surface area (TPSA) is 78.5 Å². The molecule has 1 fully saturated rings. The van der Waals surface area contributed by atoms with E-state index in [0.29, 0.717) is 17.1 Å². The van der Waals surface area contributed by atoms with Crippen LogP contribution in [0.25, 0.3) is 0 Å². The van der Waals surface area contributed by atoms with Crippen molar-refractivity contribution in [2.75, 3.05) is 11.9 Å². The normalized spacial score (nSPS) is 17.6. The SMILES string of the molecule is Cc1ccc(NC(=O)CN2C(=O)NC(CC(C)C)C2=O)cc1Cl. The molecular weight excluding hydrogens is 318 g/mol. The molecule has 1 aromatic rings. The minimum Gasteiger partial charge on any atom is -0.326 e. The van der Waals surface area contributed by atoms with Crippen LogP contribution in [0.4, 0.5) is 10.5 Å². The molecule has 0 aliphatic carbocycles. The molecule has 2 N–H and O–H groups in total. The highest BCUT2D eigenvalue weighted by molar-refractivity contribution is 6.31. The molecule has 1 saturated heterocycles. The van der Waals surface area contributed by atoms with E-state index < -0.39 is 18.0 Å². The Hall–Kier alpha value is -2.08. The quantitative estimate of drug-likeness (QED) is 0.810. The maximum Gasteiger partial charge on any atom is 0.325 e. The number of aryl methyl sites for hydroxylation is 1. The molecular formula is C16H20ClN3O3. The third kappa shape index (κ3) is 4.22. The van der Waals surface area contributed by atoms with Crippen LogP contribution in [0.2, 0.25) is 5.02 Å². The van der Waals surface area contributed by atoms with Crippen molar-refractivity contribution in [3.63, 3.8) is 0 Å². The van der Waals surface area contributed by atoms with E-state index >= 15 is 0 Å². The Morgan fingerprint density at radius 3 is 2.70 bits per heavy atom. The van der Waals surface area contributed by atoms with Crippen molar-refractivity contribution in [2.24, 2.45) is 5.92 Å². The smallest absolute Gasteiger partial charge is 0.325 e. The summed E-state index contributed by atoms with van der Waals surface area (Å²) in [5.74, 6) is -0.535. The van der Waals surface area contributed by atoms with Crippen molar-refractivity contribution in [1.29, 1.82) is 0 Å². The zero-order valence-electron chi connectivity index (χ0n) is 13.4. The van der Waals surface area contributed by atoms with Crippen LogP contribution in [0.5, 0.6) is 0 Å². The van der Waals surface area contributed by atoms with Crippen LogP contribution in [-0.2, 0) is 9.59 Å². The lowest BCUT2D eigenvalue weighted by atomic mass is 10.0. The van der Waals surface area contributed by atoms with E-state index in [1.54, 1.807) is 18.2 Å². The predicted octanol–water partition coefficient (Wildman–Crippen LogP) is 2.55. The molecule has 7 heteroatoms. The Kier molecular flexibility index (Phi) is 5.26. The van der Waals surface area contributed by atoms with Crippen LogP contribution in [0, 0.1) is 12.8 Å². The Bertz CT molecular complexity index is 645. The van der Waals surface area contributed by atoms with Gasteiger partial charge in [-0.15, -0.1) is 0 Å². The van der Waals surface area contributed by atoms with E-state index in [1.165, 1.54) is 0 Å². The number of anilines is 1. The average molecular weight is 338 g/mol. The lowest BCUT2D eigenvalue weighted by Crippen LogP contribution is -2.38. The summed E-state index contributed by atoms with van der Waals surface area (Å²) in [6.45, 7) is 5.48. The molecule has 0 radical (unpaired) electrons. The van der Waals surface area contributed by atoms with Gasteiger partial charge in [0.1, 0.15) is 12.6 Å². The van der Waals surface area contributed by atoms with Gasteiger partial charge in [-0.1, -0.05) is 31.5 Å². The van der Waals surface area contributed by atoms with Crippen molar-refractivity contribution in [2.45, 2.75) is 33.2 Å².